The molecular weight excluding hydrogens is 316 g/mol. The molecule has 1 atom stereocenters. The number of hydrogen-bond donors (Lipinski definition) is 1. The minimum atomic E-state index is -0.214. The maximum absolute atomic E-state index is 12.5. The fourth-order valence-electron chi connectivity index (χ4n) is 3.79. The van der Waals surface area contributed by atoms with Crippen LogP contribution >= 0.6 is 0 Å². The fourth-order valence-corrected chi connectivity index (χ4v) is 3.79. The van der Waals surface area contributed by atoms with Crippen molar-refractivity contribution in [3.05, 3.63) is 29.8 Å². The lowest BCUT2D eigenvalue weighted by Crippen LogP contribution is -2.39. The van der Waals surface area contributed by atoms with Crippen molar-refractivity contribution < 1.29 is 14.3 Å². The molecule has 1 aromatic rings. The Balaban J connectivity index is 1.52. The van der Waals surface area contributed by atoms with Crippen molar-refractivity contribution in [3.63, 3.8) is 0 Å². The molecule has 1 unspecified atom stereocenters. The van der Waals surface area contributed by atoms with Gasteiger partial charge in [0.25, 0.3) is 0 Å². The molecule has 3 rings (SSSR count). The van der Waals surface area contributed by atoms with Gasteiger partial charge in [0.1, 0.15) is 5.75 Å². The zero-order valence-corrected chi connectivity index (χ0v) is 15.0. The Labute approximate surface area is 149 Å². The van der Waals surface area contributed by atoms with Gasteiger partial charge in [-0.25, -0.2) is 0 Å². The molecule has 0 aromatic heterocycles. The van der Waals surface area contributed by atoms with E-state index in [9.17, 15) is 9.59 Å². The molecule has 1 aliphatic carbocycles. The van der Waals surface area contributed by atoms with Gasteiger partial charge in [0.2, 0.25) is 11.8 Å². The molecule has 5 nitrogen and oxygen atoms in total. The van der Waals surface area contributed by atoms with Crippen LogP contribution in [-0.4, -0.2) is 36.4 Å². The summed E-state index contributed by atoms with van der Waals surface area (Å²) in [5.41, 5.74) is 1.05. The first-order valence-electron chi connectivity index (χ1n) is 9.37. The number of methoxy groups -OCH3 is 1. The summed E-state index contributed by atoms with van der Waals surface area (Å²) in [5, 5.41) is 3.19. The van der Waals surface area contributed by atoms with E-state index >= 15 is 0 Å². The largest absolute Gasteiger partial charge is 0.497 e. The van der Waals surface area contributed by atoms with Crippen LogP contribution in [0.15, 0.2) is 24.3 Å². The fraction of sp³-hybridized carbons (Fsp3) is 0.600. The molecule has 136 valence electrons. The monoisotopic (exact) mass is 344 g/mol. The van der Waals surface area contributed by atoms with Gasteiger partial charge >= 0.3 is 0 Å². The predicted octanol–water partition coefficient (Wildman–Crippen LogP) is 2.88. The van der Waals surface area contributed by atoms with Gasteiger partial charge in [-0.3, -0.25) is 9.59 Å². The molecule has 2 aliphatic rings. The van der Waals surface area contributed by atoms with Crippen molar-refractivity contribution >= 4 is 11.8 Å². The summed E-state index contributed by atoms with van der Waals surface area (Å²) in [4.78, 5) is 26.6. The molecule has 1 N–H and O–H groups in total. The third-order valence-electron chi connectivity index (χ3n) is 5.32. The van der Waals surface area contributed by atoms with Crippen LogP contribution in [0.25, 0.3) is 0 Å². The smallest absolute Gasteiger partial charge is 0.225 e. The lowest BCUT2D eigenvalue weighted by atomic mass is 10.0. The first-order chi connectivity index (χ1) is 12.2. The molecule has 0 spiro atoms. The number of benzene rings is 1. The lowest BCUT2D eigenvalue weighted by Gasteiger charge is -2.20. The highest BCUT2D eigenvalue weighted by Gasteiger charge is 2.34. The van der Waals surface area contributed by atoms with E-state index in [1.54, 1.807) is 12.0 Å². The molecule has 1 heterocycles. The molecule has 2 amide bonds. The number of likely N-dealkylation sites (tertiary alicyclic amines) is 1. The second-order valence-corrected chi connectivity index (χ2v) is 7.22. The van der Waals surface area contributed by atoms with E-state index in [1.165, 1.54) is 25.7 Å². The minimum Gasteiger partial charge on any atom is -0.497 e. The average Bonchev–Trinajstić information content (AvgIpc) is 2.82. The zero-order chi connectivity index (χ0) is 17.6. The Morgan fingerprint density at radius 3 is 2.48 bits per heavy atom. The van der Waals surface area contributed by atoms with Gasteiger partial charge < -0.3 is 15.0 Å². The van der Waals surface area contributed by atoms with Crippen molar-refractivity contribution in [2.45, 2.75) is 57.5 Å². The van der Waals surface area contributed by atoms with Crippen LogP contribution in [0.1, 0.15) is 50.5 Å². The van der Waals surface area contributed by atoms with E-state index in [2.05, 4.69) is 5.32 Å². The standard InChI is InChI=1S/C20H28N2O3/c1-25-18-10-8-15(9-11-18)13-22-14-16(12-19(22)23)20(24)21-17-6-4-2-3-5-7-17/h8-11,16-17H,2-7,12-14H2,1H3,(H,21,24). The average molecular weight is 344 g/mol. The summed E-state index contributed by atoms with van der Waals surface area (Å²) < 4.78 is 5.16. The summed E-state index contributed by atoms with van der Waals surface area (Å²) in [6.07, 6.45) is 7.39. The van der Waals surface area contributed by atoms with Crippen LogP contribution in [0.4, 0.5) is 0 Å². The summed E-state index contributed by atoms with van der Waals surface area (Å²) in [6.45, 7) is 1.07. The molecular formula is C20H28N2O3. The summed E-state index contributed by atoms with van der Waals surface area (Å²) in [5.74, 6) is 0.709. The van der Waals surface area contributed by atoms with Gasteiger partial charge in [-0.1, -0.05) is 37.8 Å². The number of hydrogen-bond acceptors (Lipinski definition) is 3. The summed E-state index contributed by atoms with van der Waals surface area (Å²) in [6, 6.07) is 8.01. The molecule has 1 aliphatic heterocycles. The Morgan fingerprint density at radius 1 is 1.16 bits per heavy atom. The number of nitrogens with zero attached hydrogens (tertiary/aromatic N) is 1. The zero-order valence-electron chi connectivity index (χ0n) is 15.0. The minimum absolute atomic E-state index is 0.0532. The summed E-state index contributed by atoms with van der Waals surface area (Å²) in [7, 11) is 1.64. The van der Waals surface area contributed by atoms with E-state index in [0.29, 0.717) is 25.6 Å². The Morgan fingerprint density at radius 2 is 1.84 bits per heavy atom. The molecule has 0 radical (unpaired) electrons. The normalized spacial score (nSPS) is 21.9. The van der Waals surface area contributed by atoms with Crippen LogP contribution in [0.2, 0.25) is 0 Å². The van der Waals surface area contributed by atoms with Crippen LogP contribution in [0, 0.1) is 5.92 Å². The maximum atomic E-state index is 12.5. The van der Waals surface area contributed by atoms with Crippen LogP contribution < -0.4 is 10.1 Å². The highest BCUT2D eigenvalue weighted by molar-refractivity contribution is 5.89. The second kappa shape index (κ2) is 8.37. The molecule has 5 heteroatoms. The van der Waals surface area contributed by atoms with Crippen LogP contribution in [-0.2, 0) is 16.1 Å². The SMILES string of the molecule is COc1ccc(CN2CC(C(=O)NC3CCCCCC3)CC2=O)cc1. The molecule has 25 heavy (non-hydrogen) atoms. The van der Waals surface area contributed by atoms with Gasteiger partial charge in [-0.15, -0.1) is 0 Å². The molecule has 1 saturated heterocycles. The van der Waals surface area contributed by atoms with Gasteiger partial charge in [0, 0.05) is 25.6 Å². The van der Waals surface area contributed by atoms with Gasteiger partial charge in [-0.2, -0.15) is 0 Å². The number of carbonyl (C=O) groups is 2. The quantitative estimate of drug-likeness (QED) is 0.836. The lowest BCUT2D eigenvalue weighted by molar-refractivity contribution is -0.129. The first-order valence-corrected chi connectivity index (χ1v) is 9.37. The number of ether oxygens (including phenoxy) is 1. The van der Waals surface area contributed by atoms with Crippen molar-refractivity contribution in [3.8, 4) is 5.75 Å². The van der Waals surface area contributed by atoms with Crippen molar-refractivity contribution in [1.29, 1.82) is 0 Å². The van der Waals surface area contributed by atoms with E-state index in [0.717, 1.165) is 24.2 Å². The summed E-state index contributed by atoms with van der Waals surface area (Å²) >= 11 is 0. The van der Waals surface area contributed by atoms with E-state index in [1.807, 2.05) is 24.3 Å². The molecule has 0 bridgehead atoms. The van der Waals surface area contributed by atoms with E-state index < -0.39 is 0 Å². The van der Waals surface area contributed by atoms with Crippen molar-refractivity contribution in [2.24, 2.45) is 5.92 Å². The van der Waals surface area contributed by atoms with Crippen LogP contribution in [0.3, 0.4) is 0 Å². The molecule has 1 aromatic carbocycles. The number of nitrogens with one attached hydrogen (secondary N) is 1. The highest BCUT2D eigenvalue weighted by Crippen LogP contribution is 2.23. The molecule has 2 fully saturated rings. The Bertz CT molecular complexity index is 591. The predicted molar refractivity (Wildman–Crippen MR) is 96.2 cm³/mol. The van der Waals surface area contributed by atoms with E-state index in [-0.39, 0.29) is 17.7 Å². The van der Waals surface area contributed by atoms with Crippen LogP contribution in [0.5, 0.6) is 5.75 Å². The third-order valence-corrected chi connectivity index (χ3v) is 5.32. The topological polar surface area (TPSA) is 58.6 Å². The second-order valence-electron chi connectivity index (χ2n) is 7.22. The Kier molecular flexibility index (Phi) is 5.95. The highest BCUT2D eigenvalue weighted by atomic mass is 16.5. The van der Waals surface area contributed by atoms with Gasteiger partial charge in [-0.05, 0) is 30.5 Å². The van der Waals surface area contributed by atoms with Crippen molar-refractivity contribution in [1.82, 2.24) is 10.2 Å². The maximum Gasteiger partial charge on any atom is 0.225 e. The van der Waals surface area contributed by atoms with Crippen molar-refractivity contribution in [2.75, 3.05) is 13.7 Å². The van der Waals surface area contributed by atoms with Gasteiger partial charge in [0.05, 0.1) is 13.0 Å². The first kappa shape index (κ1) is 17.8. The van der Waals surface area contributed by atoms with Gasteiger partial charge in [0.15, 0.2) is 0 Å². The van der Waals surface area contributed by atoms with E-state index in [4.69, 9.17) is 4.74 Å². The Hall–Kier alpha value is -2.04. The molecule has 1 saturated carbocycles. The third kappa shape index (κ3) is 4.74. The number of amides is 2. The number of rotatable bonds is 5. The number of carbonyl (C=O) groups excluding carboxylic acids is 2.